The molecule has 2 aliphatic rings. The van der Waals surface area contributed by atoms with Crippen molar-refractivity contribution in [2.24, 2.45) is 23.7 Å². The molecule has 4 atom stereocenters. The van der Waals surface area contributed by atoms with Gasteiger partial charge in [0.2, 0.25) is 0 Å². The van der Waals surface area contributed by atoms with Crippen LogP contribution in [0.1, 0.15) is 84.0 Å². The van der Waals surface area contributed by atoms with Crippen molar-refractivity contribution in [1.29, 1.82) is 0 Å². The molecule has 3 nitrogen and oxygen atoms in total. The lowest BCUT2D eigenvalue weighted by Crippen LogP contribution is -2.23. The van der Waals surface area contributed by atoms with E-state index in [4.69, 9.17) is 9.84 Å². The molecule has 0 saturated heterocycles. The summed E-state index contributed by atoms with van der Waals surface area (Å²) < 4.78 is 5.90. The van der Waals surface area contributed by atoms with Crippen LogP contribution in [-0.2, 0) is 9.53 Å². The van der Waals surface area contributed by atoms with Gasteiger partial charge in [-0.2, -0.15) is 0 Å². The Morgan fingerprint density at radius 1 is 1.04 bits per heavy atom. The number of carboxylic acids is 1. The molecule has 0 radical (unpaired) electrons. The molecule has 2 bridgehead atoms. The summed E-state index contributed by atoms with van der Waals surface area (Å²) in [5.74, 6) is 2.90. The Bertz CT molecular complexity index is 404. The van der Waals surface area contributed by atoms with E-state index in [0.717, 1.165) is 49.7 Å². The molecule has 0 aromatic heterocycles. The highest BCUT2D eigenvalue weighted by molar-refractivity contribution is 5.66. The van der Waals surface area contributed by atoms with Crippen molar-refractivity contribution in [2.75, 3.05) is 13.2 Å². The molecule has 2 saturated carbocycles. The maximum atomic E-state index is 10.5. The average molecular weight is 351 g/mol. The van der Waals surface area contributed by atoms with Crippen LogP contribution in [0, 0.1) is 23.7 Å². The van der Waals surface area contributed by atoms with Crippen LogP contribution >= 0.6 is 0 Å². The smallest absolute Gasteiger partial charge is 0.303 e. The van der Waals surface area contributed by atoms with Crippen LogP contribution in [0.25, 0.3) is 0 Å². The zero-order valence-corrected chi connectivity index (χ0v) is 16.1. The number of ether oxygens (including phenoxy) is 1. The number of rotatable bonds is 14. The molecule has 144 valence electrons. The molecule has 2 rings (SSSR count). The van der Waals surface area contributed by atoms with Crippen LogP contribution in [0.3, 0.4) is 0 Å². The normalized spacial score (nSPS) is 28.2. The standard InChI is InChI=1S/C22H38O3/c1-2-3-4-9-15-25-16-14-21-19-13-12-18(17-19)20(21)10-7-5-6-8-11-22(23)24/h5,7,18-21H,2-4,6,8-17H2,1H3,(H,23,24)/b7-5-/t18-,19+,20-,21+/m0/s1. The van der Waals surface area contributed by atoms with E-state index in [-0.39, 0.29) is 6.42 Å². The number of carbonyl (C=O) groups is 1. The molecule has 2 aliphatic carbocycles. The Morgan fingerprint density at radius 3 is 2.60 bits per heavy atom. The summed E-state index contributed by atoms with van der Waals surface area (Å²) >= 11 is 0. The summed E-state index contributed by atoms with van der Waals surface area (Å²) in [6.07, 6.45) is 18.4. The molecule has 0 aliphatic heterocycles. The van der Waals surface area contributed by atoms with Crippen molar-refractivity contribution in [3.63, 3.8) is 0 Å². The van der Waals surface area contributed by atoms with E-state index < -0.39 is 5.97 Å². The fourth-order valence-corrected chi connectivity index (χ4v) is 5.04. The van der Waals surface area contributed by atoms with Gasteiger partial charge in [0, 0.05) is 19.6 Å². The predicted octanol–water partition coefficient (Wildman–Crippen LogP) is 5.84. The molecule has 0 unspecified atom stereocenters. The number of carboxylic acid groups (broad SMARTS) is 1. The van der Waals surface area contributed by atoms with E-state index in [2.05, 4.69) is 19.1 Å². The highest BCUT2D eigenvalue weighted by Crippen LogP contribution is 2.54. The van der Waals surface area contributed by atoms with E-state index in [1.54, 1.807) is 0 Å². The minimum atomic E-state index is -0.684. The van der Waals surface area contributed by atoms with Gasteiger partial charge in [-0.15, -0.1) is 0 Å². The Kier molecular flexibility index (Phi) is 9.60. The first-order chi connectivity index (χ1) is 12.2. The SMILES string of the molecule is CCCCCCOCC[C@@H]1[C@@H]2CC[C@@H](C2)[C@@H]1C/C=C\CCCC(=O)O. The highest BCUT2D eigenvalue weighted by atomic mass is 16.5. The van der Waals surface area contributed by atoms with Crippen molar-refractivity contribution in [3.8, 4) is 0 Å². The lowest BCUT2D eigenvalue weighted by molar-refractivity contribution is -0.137. The Labute approximate surface area is 154 Å². The second kappa shape index (κ2) is 11.7. The molecule has 3 heteroatoms. The maximum absolute atomic E-state index is 10.5. The summed E-state index contributed by atoms with van der Waals surface area (Å²) in [7, 11) is 0. The van der Waals surface area contributed by atoms with E-state index in [0.29, 0.717) is 0 Å². The molecule has 0 amide bonds. The van der Waals surface area contributed by atoms with Gasteiger partial charge in [-0.05, 0) is 75.0 Å². The second-order valence-corrected chi connectivity index (χ2v) is 8.12. The summed E-state index contributed by atoms with van der Waals surface area (Å²) in [6.45, 7) is 4.13. The third-order valence-electron chi connectivity index (χ3n) is 6.35. The van der Waals surface area contributed by atoms with Crippen LogP contribution in [0.15, 0.2) is 12.2 Å². The van der Waals surface area contributed by atoms with Crippen molar-refractivity contribution in [2.45, 2.75) is 84.0 Å². The monoisotopic (exact) mass is 350 g/mol. The minimum absolute atomic E-state index is 0.288. The number of unbranched alkanes of at least 4 members (excludes halogenated alkanes) is 4. The summed E-state index contributed by atoms with van der Waals surface area (Å²) in [5, 5.41) is 8.68. The molecule has 0 aromatic carbocycles. The third-order valence-corrected chi connectivity index (χ3v) is 6.35. The van der Waals surface area contributed by atoms with Crippen molar-refractivity contribution < 1.29 is 14.6 Å². The molecule has 1 N–H and O–H groups in total. The predicted molar refractivity (Wildman–Crippen MR) is 103 cm³/mol. The second-order valence-electron chi connectivity index (χ2n) is 8.12. The van der Waals surface area contributed by atoms with Gasteiger partial charge in [0.05, 0.1) is 0 Å². The zero-order chi connectivity index (χ0) is 17.9. The Balaban J connectivity index is 1.63. The molecule has 0 heterocycles. The van der Waals surface area contributed by atoms with Crippen LogP contribution in [-0.4, -0.2) is 24.3 Å². The molecular weight excluding hydrogens is 312 g/mol. The van der Waals surface area contributed by atoms with E-state index in [1.165, 1.54) is 57.8 Å². The van der Waals surface area contributed by atoms with E-state index in [1.807, 2.05) is 0 Å². The van der Waals surface area contributed by atoms with Crippen molar-refractivity contribution in [3.05, 3.63) is 12.2 Å². The highest BCUT2D eigenvalue weighted by Gasteiger charge is 2.46. The van der Waals surface area contributed by atoms with E-state index in [9.17, 15) is 4.79 Å². The Morgan fingerprint density at radius 2 is 1.84 bits per heavy atom. The number of aliphatic carboxylic acids is 1. The summed E-state index contributed by atoms with van der Waals surface area (Å²) in [6, 6.07) is 0. The largest absolute Gasteiger partial charge is 0.481 e. The molecule has 0 spiro atoms. The van der Waals surface area contributed by atoms with Gasteiger partial charge in [-0.25, -0.2) is 0 Å². The molecule has 0 aromatic rings. The summed E-state index contributed by atoms with van der Waals surface area (Å²) in [4.78, 5) is 10.5. The van der Waals surface area contributed by atoms with Crippen LogP contribution in [0.5, 0.6) is 0 Å². The quantitative estimate of drug-likeness (QED) is 0.316. The number of hydrogen-bond acceptors (Lipinski definition) is 2. The minimum Gasteiger partial charge on any atom is -0.481 e. The molecule has 2 fully saturated rings. The van der Waals surface area contributed by atoms with E-state index >= 15 is 0 Å². The van der Waals surface area contributed by atoms with Crippen molar-refractivity contribution in [1.82, 2.24) is 0 Å². The fourth-order valence-electron chi connectivity index (χ4n) is 5.04. The third kappa shape index (κ3) is 7.13. The van der Waals surface area contributed by atoms with Crippen LogP contribution < -0.4 is 0 Å². The zero-order valence-electron chi connectivity index (χ0n) is 16.1. The first-order valence-corrected chi connectivity index (χ1v) is 10.7. The maximum Gasteiger partial charge on any atom is 0.303 e. The van der Waals surface area contributed by atoms with Crippen LogP contribution in [0.2, 0.25) is 0 Å². The van der Waals surface area contributed by atoms with Crippen molar-refractivity contribution >= 4 is 5.97 Å². The summed E-state index contributed by atoms with van der Waals surface area (Å²) in [5.41, 5.74) is 0. The lowest BCUT2D eigenvalue weighted by Gasteiger charge is -2.30. The van der Waals surface area contributed by atoms with Gasteiger partial charge >= 0.3 is 5.97 Å². The van der Waals surface area contributed by atoms with Crippen LogP contribution in [0.4, 0.5) is 0 Å². The fraction of sp³-hybridized carbons (Fsp3) is 0.864. The average Bonchev–Trinajstić information content (AvgIpc) is 3.19. The van der Waals surface area contributed by atoms with Gasteiger partial charge in [-0.1, -0.05) is 38.3 Å². The van der Waals surface area contributed by atoms with Gasteiger partial charge in [-0.3, -0.25) is 4.79 Å². The molecular formula is C22H38O3. The van der Waals surface area contributed by atoms with Gasteiger partial charge in [0.1, 0.15) is 0 Å². The number of allylic oxidation sites excluding steroid dienone is 2. The number of hydrogen-bond donors (Lipinski definition) is 1. The number of fused-ring (bicyclic) bond motifs is 2. The Hall–Kier alpha value is -0.830. The topological polar surface area (TPSA) is 46.5 Å². The van der Waals surface area contributed by atoms with Gasteiger partial charge in [0.25, 0.3) is 0 Å². The first kappa shape index (κ1) is 20.5. The van der Waals surface area contributed by atoms with Gasteiger partial charge in [0.15, 0.2) is 0 Å². The lowest BCUT2D eigenvalue weighted by atomic mass is 9.76. The first-order valence-electron chi connectivity index (χ1n) is 10.7. The van der Waals surface area contributed by atoms with Gasteiger partial charge < -0.3 is 9.84 Å². The molecule has 25 heavy (non-hydrogen) atoms.